The van der Waals surface area contributed by atoms with Crippen molar-refractivity contribution >= 4 is 5.97 Å². The van der Waals surface area contributed by atoms with Crippen molar-refractivity contribution in [3.05, 3.63) is 0 Å². The average molecular weight is 271 g/mol. The van der Waals surface area contributed by atoms with Crippen LogP contribution in [0.25, 0.3) is 0 Å². The SMILES string of the molecule is CC(C)NC(COCCC(C)(C)C)(C(=O)O)C1CC1. The number of rotatable bonds is 8. The van der Waals surface area contributed by atoms with Crippen LogP contribution in [0, 0.1) is 11.3 Å². The van der Waals surface area contributed by atoms with E-state index in [-0.39, 0.29) is 24.0 Å². The van der Waals surface area contributed by atoms with Gasteiger partial charge in [-0.2, -0.15) is 0 Å². The molecule has 1 saturated carbocycles. The second kappa shape index (κ2) is 6.23. The Morgan fingerprint density at radius 3 is 2.32 bits per heavy atom. The molecule has 4 heteroatoms. The highest BCUT2D eigenvalue weighted by atomic mass is 16.5. The molecule has 0 aromatic rings. The highest BCUT2D eigenvalue weighted by molar-refractivity contribution is 5.80. The van der Waals surface area contributed by atoms with Crippen LogP contribution < -0.4 is 5.32 Å². The van der Waals surface area contributed by atoms with Crippen LogP contribution in [0.3, 0.4) is 0 Å². The van der Waals surface area contributed by atoms with Gasteiger partial charge in [0, 0.05) is 12.6 Å². The Kier molecular flexibility index (Phi) is 5.39. The Balaban J connectivity index is 2.56. The molecular weight excluding hydrogens is 242 g/mol. The number of carboxylic acid groups (broad SMARTS) is 1. The molecule has 0 aliphatic heterocycles. The van der Waals surface area contributed by atoms with Crippen molar-refractivity contribution in [3.8, 4) is 0 Å². The van der Waals surface area contributed by atoms with Crippen LogP contribution in [-0.4, -0.2) is 35.9 Å². The van der Waals surface area contributed by atoms with E-state index in [9.17, 15) is 9.90 Å². The van der Waals surface area contributed by atoms with E-state index in [1.807, 2.05) is 13.8 Å². The maximum atomic E-state index is 11.7. The number of carbonyl (C=O) groups is 1. The molecule has 19 heavy (non-hydrogen) atoms. The van der Waals surface area contributed by atoms with Crippen LogP contribution in [0.5, 0.6) is 0 Å². The van der Waals surface area contributed by atoms with Crippen molar-refractivity contribution in [2.75, 3.05) is 13.2 Å². The van der Waals surface area contributed by atoms with Crippen LogP contribution >= 0.6 is 0 Å². The van der Waals surface area contributed by atoms with E-state index < -0.39 is 11.5 Å². The summed E-state index contributed by atoms with van der Waals surface area (Å²) in [5.74, 6) is -0.568. The molecule has 4 nitrogen and oxygen atoms in total. The third-order valence-electron chi connectivity index (χ3n) is 3.53. The van der Waals surface area contributed by atoms with Gasteiger partial charge < -0.3 is 9.84 Å². The van der Waals surface area contributed by atoms with Crippen LogP contribution in [-0.2, 0) is 9.53 Å². The van der Waals surface area contributed by atoms with E-state index in [2.05, 4.69) is 26.1 Å². The Morgan fingerprint density at radius 1 is 1.37 bits per heavy atom. The molecule has 0 aromatic carbocycles. The summed E-state index contributed by atoms with van der Waals surface area (Å²) < 4.78 is 5.70. The molecule has 0 radical (unpaired) electrons. The standard InChI is InChI=1S/C15H29NO3/c1-11(2)16-15(13(17)18,12-6-7-12)10-19-9-8-14(3,4)5/h11-12,16H,6-10H2,1-5H3,(H,17,18). The van der Waals surface area contributed by atoms with Crippen molar-refractivity contribution in [3.63, 3.8) is 0 Å². The van der Waals surface area contributed by atoms with Gasteiger partial charge in [0.25, 0.3) is 0 Å². The lowest BCUT2D eigenvalue weighted by Crippen LogP contribution is -2.59. The first-order valence-corrected chi connectivity index (χ1v) is 7.26. The molecule has 2 N–H and O–H groups in total. The number of hydrogen-bond donors (Lipinski definition) is 2. The molecule has 1 aliphatic carbocycles. The zero-order chi connectivity index (χ0) is 14.7. The minimum absolute atomic E-state index is 0.142. The van der Waals surface area contributed by atoms with E-state index in [1.165, 1.54) is 0 Å². The van der Waals surface area contributed by atoms with Gasteiger partial charge in [0.1, 0.15) is 5.54 Å². The summed E-state index contributed by atoms with van der Waals surface area (Å²) in [5.41, 5.74) is -0.678. The van der Waals surface area contributed by atoms with Crippen LogP contribution in [0.4, 0.5) is 0 Å². The van der Waals surface area contributed by atoms with Gasteiger partial charge in [-0.15, -0.1) is 0 Å². The second-order valence-corrected chi connectivity index (χ2v) is 7.21. The van der Waals surface area contributed by atoms with Gasteiger partial charge in [-0.05, 0) is 44.4 Å². The Hall–Kier alpha value is -0.610. The molecule has 0 bridgehead atoms. The predicted octanol–water partition coefficient (Wildman–Crippen LogP) is 2.67. The smallest absolute Gasteiger partial charge is 0.326 e. The van der Waals surface area contributed by atoms with Gasteiger partial charge in [0.05, 0.1) is 6.61 Å². The Morgan fingerprint density at radius 2 is 1.95 bits per heavy atom. The van der Waals surface area contributed by atoms with E-state index in [1.54, 1.807) is 0 Å². The first-order valence-electron chi connectivity index (χ1n) is 7.26. The lowest BCUT2D eigenvalue weighted by atomic mass is 9.92. The molecule has 1 atom stereocenters. The van der Waals surface area contributed by atoms with E-state index in [0.717, 1.165) is 19.3 Å². The maximum absolute atomic E-state index is 11.7. The summed E-state index contributed by atoms with van der Waals surface area (Å²) in [5, 5.41) is 12.8. The highest BCUT2D eigenvalue weighted by Crippen LogP contribution is 2.40. The summed E-state index contributed by atoms with van der Waals surface area (Å²) in [4.78, 5) is 11.7. The van der Waals surface area contributed by atoms with Gasteiger partial charge in [0.2, 0.25) is 0 Å². The molecule has 0 saturated heterocycles. The number of aliphatic carboxylic acids is 1. The molecule has 1 rings (SSSR count). The third-order valence-corrected chi connectivity index (χ3v) is 3.53. The van der Waals surface area contributed by atoms with Crippen molar-refractivity contribution in [1.29, 1.82) is 0 Å². The molecule has 0 amide bonds. The topological polar surface area (TPSA) is 58.6 Å². The largest absolute Gasteiger partial charge is 0.480 e. The number of hydrogen-bond acceptors (Lipinski definition) is 3. The number of carboxylic acids is 1. The van der Waals surface area contributed by atoms with Gasteiger partial charge >= 0.3 is 5.97 Å². The lowest BCUT2D eigenvalue weighted by Gasteiger charge is -2.33. The maximum Gasteiger partial charge on any atom is 0.326 e. The first kappa shape index (κ1) is 16.4. The summed E-state index contributed by atoms with van der Waals surface area (Å²) in [6.07, 6.45) is 2.90. The fourth-order valence-electron chi connectivity index (χ4n) is 2.28. The van der Waals surface area contributed by atoms with Gasteiger partial charge in [-0.3, -0.25) is 10.1 Å². The van der Waals surface area contributed by atoms with Gasteiger partial charge in [-0.1, -0.05) is 20.8 Å². The van der Waals surface area contributed by atoms with E-state index in [0.29, 0.717) is 6.61 Å². The van der Waals surface area contributed by atoms with Crippen LogP contribution in [0.1, 0.15) is 53.9 Å². The van der Waals surface area contributed by atoms with Gasteiger partial charge in [-0.25, -0.2) is 0 Å². The number of ether oxygens (including phenoxy) is 1. The quantitative estimate of drug-likeness (QED) is 0.666. The monoisotopic (exact) mass is 271 g/mol. The summed E-state index contributed by atoms with van der Waals surface area (Å²) in [7, 11) is 0. The fraction of sp³-hybridized carbons (Fsp3) is 0.933. The summed E-state index contributed by atoms with van der Waals surface area (Å²) in [6, 6.07) is 0.142. The second-order valence-electron chi connectivity index (χ2n) is 7.21. The third kappa shape index (κ3) is 5.11. The van der Waals surface area contributed by atoms with Crippen molar-refractivity contribution in [1.82, 2.24) is 5.32 Å². The van der Waals surface area contributed by atoms with Crippen molar-refractivity contribution in [2.45, 2.75) is 65.5 Å². The first-order chi connectivity index (χ1) is 8.67. The fourth-order valence-corrected chi connectivity index (χ4v) is 2.28. The highest BCUT2D eigenvalue weighted by Gasteiger charge is 2.51. The van der Waals surface area contributed by atoms with Crippen molar-refractivity contribution < 1.29 is 14.6 Å². The minimum Gasteiger partial charge on any atom is -0.480 e. The molecule has 112 valence electrons. The predicted molar refractivity (Wildman–Crippen MR) is 76.3 cm³/mol. The van der Waals surface area contributed by atoms with E-state index >= 15 is 0 Å². The lowest BCUT2D eigenvalue weighted by molar-refractivity contribution is -0.149. The van der Waals surface area contributed by atoms with Crippen molar-refractivity contribution in [2.24, 2.45) is 11.3 Å². The molecule has 0 heterocycles. The average Bonchev–Trinajstić information content (AvgIpc) is 3.03. The Bertz CT molecular complexity index is 305. The normalized spacial score (nSPS) is 19.5. The molecular formula is C15H29NO3. The Labute approximate surface area is 116 Å². The number of nitrogens with one attached hydrogen (secondary N) is 1. The zero-order valence-electron chi connectivity index (χ0n) is 13.0. The molecule has 1 unspecified atom stereocenters. The molecule has 0 spiro atoms. The molecule has 1 aliphatic rings. The van der Waals surface area contributed by atoms with Gasteiger partial charge in [0.15, 0.2) is 0 Å². The van der Waals surface area contributed by atoms with Crippen LogP contribution in [0.15, 0.2) is 0 Å². The van der Waals surface area contributed by atoms with E-state index in [4.69, 9.17) is 4.74 Å². The summed E-state index contributed by atoms with van der Waals surface area (Å²) >= 11 is 0. The minimum atomic E-state index is -0.897. The van der Waals surface area contributed by atoms with Crippen LogP contribution in [0.2, 0.25) is 0 Å². The molecule has 0 aromatic heterocycles. The zero-order valence-corrected chi connectivity index (χ0v) is 13.0. The molecule has 1 fully saturated rings. The summed E-state index contributed by atoms with van der Waals surface area (Å²) in [6.45, 7) is 11.3.